The van der Waals surface area contributed by atoms with Gasteiger partial charge in [0.15, 0.2) is 0 Å². The number of rotatable bonds is 3. The summed E-state index contributed by atoms with van der Waals surface area (Å²) in [6, 6.07) is 21.4. The van der Waals surface area contributed by atoms with Crippen molar-refractivity contribution in [2.45, 2.75) is 26.7 Å². The molecule has 0 N–H and O–H groups in total. The van der Waals surface area contributed by atoms with Crippen LogP contribution in [0.3, 0.4) is 0 Å². The van der Waals surface area contributed by atoms with Crippen LogP contribution in [0.1, 0.15) is 30.9 Å². The molecule has 22 heavy (non-hydrogen) atoms. The maximum Gasteiger partial charge on any atom is 0.0707 e. The van der Waals surface area contributed by atoms with Crippen molar-refractivity contribution in [2.24, 2.45) is 0 Å². The number of aryl methyl sites for hydroxylation is 1. The summed E-state index contributed by atoms with van der Waals surface area (Å²) in [7, 11) is 0. The Morgan fingerprint density at radius 1 is 0.818 bits per heavy atom. The van der Waals surface area contributed by atoms with Gasteiger partial charge in [0.2, 0.25) is 0 Å². The minimum atomic E-state index is 0.513. The molecule has 0 spiro atoms. The standard InChI is InChI=1S/C21H21N/c1-15(2)18-11-12-22-21(14-18)20-13-19(10-9-16(20)3)17-7-5-4-6-8-17/h4-15H,1-3H3. The first-order chi connectivity index (χ1) is 10.6. The lowest BCUT2D eigenvalue weighted by Crippen LogP contribution is -1.93. The first-order valence-electron chi connectivity index (χ1n) is 7.77. The highest BCUT2D eigenvalue weighted by Gasteiger charge is 2.08. The molecule has 3 rings (SSSR count). The van der Waals surface area contributed by atoms with Gasteiger partial charge in [-0.3, -0.25) is 4.98 Å². The Bertz CT molecular complexity index is 773. The maximum atomic E-state index is 4.59. The maximum absolute atomic E-state index is 4.59. The van der Waals surface area contributed by atoms with E-state index in [1.165, 1.54) is 27.8 Å². The number of benzene rings is 2. The molecule has 0 atom stereocenters. The van der Waals surface area contributed by atoms with Gasteiger partial charge in [-0.15, -0.1) is 0 Å². The average Bonchev–Trinajstić information content (AvgIpc) is 2.56. The number of hydrogen-bond acceptors (Lipinski definition) is 1. The fraction of sp³-hybridized carbons (Fsp3) is 0.190. The third-order valence-electron chi connectivity index (χ3n) is 4.07. The first kappa shape index (κ1) is 14.5. The Morgan fingerprint density at radius 3 is 2.32 bits per heavy atom. The zero-order valence-electron chi connectivity index (χ0n) is 13.4. The van der Waals surface area contributed by atoms with Gasteiger partial charge in [-0.1, -0.05) is 56.3 Å². The normalized spacial score (nSPS) is 10.9. The third kappa shape index (κ3) is 2.94. The van der Waals surface area contributed by atoms with Crippen molar-refractivity contribution >= 4 is 0 Å². The van der Waals surface area contributed by atoms with Crippen LogP contribution in [0.15, 0.2) is 66.9 Å². The van der Waals surface area contributed by atoms with E-state index in [4.69, 9.17) is 0 Å². The monoisotopic (exact) mass is 287 g/mol. The van der Waals surface area contributed by atoms with Crippen molar-refractivity contribution in [1.82, 2.24) is 4.98 Å². The Hall–Kier alpha value is -2.41. The highest BCUT2D eigenvalue weighted by molar-refractivity contribution is 5.73. The summed E-state index contributed by atoms with van der Waals surface area (Å²) in [6.45, 7) is 6.58. The van der Waals surface area contributed by atoms with Crippen molar-refractivity contribution in [3.05, 3.63) is 78.0 Å². The first-order valence-corrected chi connectivity index (χ1v) is 7.77. The van der Waals surface area contributed by atoms with Gasteiger partial charge in [-0.05, 0) is 53.3 Å². The lowest BCUT2D eigenvalue weighted by molar-refractivity contribution is 0.863. The van der Waals surface area contributed by atoms with Gasteiger partial charge in [0.05, 0.1) is 5.69 Å². The van der Waals surface area contributed by atoms with E-state index in [1.807, 2.05) is 12.3 Å². The topological polar surface area (TPSA) is 12.9 Å². The molecule has 0 radical (unpaired) electrons. The van der Waals surface area contributed by atoms with Gasteiger partial charge in [-0.2, -0.15) is 0 Å². The smallest absolute Gasteiger partial charge is 0.0707 e. The van der Waals surface area contributed by atoms with Crippen molar-refractivity contribution in [2.75, 3.05) is 0 Å². The molecule has 3 aromatic rings. The van der Waals surface area contributed by atoms with Crippen LogP contribution in [0.25, 0.3) is 22.4 Å². The number of pyridine rings is 1. The van der Waals surface area contributed by atoms with Crippen LogP contribution in [0.4, 0.5) is 0 Å². The summed E-state index contributed by atoms with van der Waals surface area (Å²) in [5.74, 6) is 0.513. The molecule has 0 saturated carbocycles. The van der Waals surface area contributed by atoms with Gasteiger partial charge in [0.25, 0.3) is 0 Å². The van der Waals surface area contributed by atoms with Crippen LogP contribution < -0.4 is 0 Å². The van der Waals surface area contributed by atoms with Crippen LogP contribution >= 0.6 is 0 Å². The van der Waals surface area contributed by atoms with E-state index >= 15 is 0 Å². The van der Waals surface area contributed by atoms with Gasteiger partial charge >= 0.3 is 0 Å². The molecule has 0 bridgehead atoms. The van der Waals surface area contributed by atoms with Crippen molar-refractivity contribution in [3.63, 3.8) is 0 Å². The van der Waals surface area contributed by atoms with E-state index in [-0.39, 0.29) is 0 Å². The second-order valence-corrected chi connectivity index (χ2v) is 6.02. The summed E-state index contributed by atoms with van der Waals surface area (Å²) in [5, 5.41) is 0. The summed E-state index contributed by atoms with van der Waals surface area (Å²) in [4.78, 5) is 4.59. The van der Waals surface area contributed by atoms with Gasteiger partial charge < -0.3 is 0 Å². The third-order valence-corrected chi connectivity index (χ3v) is 4.07. The van der Waals surface area contributed by atoms with E-state index in [0.717, 1.165) is 5.69 Å². The second kappa shape index (κ2) is 6.15. The molecular weight excluding hydrogens is 266 g/mol. The fourth-order valence-electron chi connectivity index (χ4n) is 2.66. The highest BCUT2D eigenvalue weighted by Crippen LogP contribution is 2.29. The Kier molecular flexibility index (Phi) is 4.06. The Labute approximate surface area is 132 Å². The molecule has 1 aromatic heterocycles. The predicted octanol–water partition coefficient (Wildman–Crippen LogP) is 5.85. The summed E-state index contributed by atoms with van der Waals surface area (Å²) >= 11 is 0. The molecule has 1 heteroatoms. The molecule has 0 aliphatic carbocycles. The van der Waals surface area contributed by atoms with Gasteiger partial charge in [-0.25, -0.2) is 0 Å². The summed E-state index contributed by atoms with van der Waals surface area (Å²) < 4.78 is 0. The van der Waals surface area contributed by atoms with Crippen molar-refractivity contribution in [1.29, 1.82) is 0 Å². The SMILES string of the molecule is Cc1ccc(-c2ccccc2)cc1-c1cc(C(C)C)ccn1. The zero-order chi connectivity index (χ0) is 15.5. The molecule has 0 unspecified atom stereocenters. The molecule has 0 aliphatic rings. The fourth-order valence-corrected chi connectivity index (χ4v) is 2.66. The lowest BCUT2D eigenvalue weighted by Gasteiger charge is -2.11. The molecule has 0 aliphatic heterocycles. The zero-order valence-corrected chi connectivity index (χ0v) is 13.4. The molecule has 110 valence electrons. The molecule has 2 aromatic carbocycles. The molecule has 0 amide bonds. The number of nitrogens with zero attached hydrogens (tertiary/aromatic N) is 1. The van der Waals surface area contributed by atoms with Crippen LogP contribution in [-0.4, -0.2) is 4.98 Å². The minimum Gasteiger partial charge on any atom is -0.256 e. The number of aromatic nitrogens is 1. The summed E-state index contributed by atoms with van der Waals surface area (Å²) in [5.41, 5.74) is 7.33. The van der Waals surface area contributed by atoms with E-state index < -0.39 is 0 Å². The molecule has 1 heterocycles. The molecule has 0 fully saturated rings. The van der Waals surface area contributed by atoms with Gasteiger partial charge in [0, 0.05) is 11.8 Å². The number of hydrogen-bond donors (Lipinski definition) is 0. The average molecular weight is 287 g/mol. The van der Waals surface area contributed by atoms with Crippen molar-refractivity contribution < 1.29 is 0 Å². The predicted molar refractivity (Wildman–Crippen MR) is 93.9 cm³/mol. The van der Waals surface area contributed by atoms with Crippen LogP contribution in [0.5, 0.6) is 0 Å². The second-order valence-electron chi connectivity index (χ2n) is 6.02. The van der Waals surface area contributed by atoms with E-state index in [9.17, 15) is 0 Å². The largest absolute Gasteiger partial charge is 0.256 e. The van der Waals surface area contributed by atoms with Crippen LogP contribution in [0, 0.1) is 6.92 Å². The van der Waals surface area contributed by atoms with Crippen LogP contribution in [0.2, 0.25) is 0 Å². The van der Waals surface area contributed by atoms with E-state index in [1.54, 1.807) is 0 Å². The molecule has 0 saturated heterocycles. The van der Waals surface area contributed by atoms with Crippen molar-refractivity contribution in [3.8, 4) is 22.4 Å². The van der Waals surface area contributed by atoms with E-state index in [2.05, 4.69) is 80.4 Å². The summed E-state index contributed by atoms with van der Waals surface area (Å²) in [6.07, 6.45) is 1.92. The highest BCUT2D eigenvalue weighted by atomic mass is 14.7. The molecule has 1 nitrogen and oxygen atoms in total. The van der Waals surface area contributed by atoms with Gasteiger partial charge in [0.1, 0.15) is 0 Å². The Morgan fingerprint density at radius 2 is 1.59 bits per heavy atom. The molecular formula is C21H21N. The minimum absolute atomic E-state index is 0.513. The Balaban J connectivity index is 2.09. The van der Waals surface area contributed by atoms with E-state index in [0.29, 0.717) is 5.92 Å². The quantitative estimate of drug-likeness (QED) is 0.589. The lowest BCUT2D eigenvalue weighted by atomic mass is 9.96. The van der Waals surface area contributed by atoms with Crippen LogP contribution in [-0.2, 0) is 0 Å².